The number of carboxylic acids is 1. The van der Waals surface area contributed by atoms with E-state index in [4.69, 9.17) is 31.8 Å². The number of aromatic nitrogens is 1. The number of pyridine rings is 1. The SMILES string of the molecule is CC.CCCN(C(=O)c1cc2nc(-c3ccc(Cl)c(F)c3)cc(C(C)(C)C)c2o1)C(C)(C)CCC.NC(C=O)CCC(=O)O. The second kappa shape index (κ2) is 17.3. The number of aliphatic carboxylic acids is 1. The second-order valence-corrected chi connectivity index (χ2v) is 12.4. The molecule has 3 rings (SSSR count). The first-order valence-electron chi connectivity index (χ1n) is 15.2. The second-order valence-electron chi connectivity index (χ2n) is 12.0. The Labute approximate surface area is 266 Å². The van der Waals surface area contributed by atoms with Crippen molar-refractivity contribution >= 4 is 40.9 Å². The minimum absolute atomic E-state index is 0.0418. The molecule has 2 heterocycles. The normalized spacial score (nSPS) is 12.0. The molecule has 3 aromatic rings. The number of rotatable bonds is 11. The number of amides is 1. The first-order valence-corrected chi connectivity index (χ1v) is 15.6. The van der Waals surface area contributed by atoms with Gasteiger partial charge in [-0.05, 0) is 56.7 Å². The molecule has 0 saturated heterocycles. The summed E-state index contributed by atoms with van der Waals surface area (Å²) in [5.41, 5.74) is 7.85. The van der Waals surface area contributed by atoms with Crippen LogP contribution in [0.25, 0.3) is 22.4 Å². The van der Waals surface area contributed by atoms with Crippen LogP contribution in [-0.2, 0) is 15.0 Å². The first kappa shape index (κ1) is 38.7. The quantitative estimate of drug-likeness (QED) is 0.203. The molecule has 0 radical (unpaired) electrons. The third kappa shape index (κ3) is 10.7. The van der Waals surface area contributed by atoms with Crippen LogP contribution >= 0.6 is 11.6 Å². The average molecular weight is 634 g/mol. The Morgan fingerprint density at radius 2 is 1.75 bits per heavy atom. The number of hydrogen-bond donors (Lipinski definition) is 2. The van der Waals surface area contributed by atoms with Crippen molar-refractivity contribution in [1.29, 1.82) is 0 Å². The van der Waals surface area contributed by atoms with E-state index in [2.05, 4.69) is 48.5 Å². The summed E-state index contributed by atoms with van der Waals surface area (Å²) in [7, 11) is 0. The maximum atomic E-state index is 14.1. The molecule has 44 heavy (non-hydrogen) atoms. The van der Waals surface area contributed by atoms with E-state index in [-0.39, 0.29) is 40.5 Å². The lowest BCUT2D eigenvalue weighted by Crippen LogP contribution is -2.48. The molecule has 10 heteroatoms. The maximum Gasteiger partial charge on any atom is 0.303 e. The van der Waals surface area contributed by atoms with Crippen molar-refractivity contribution in [3.05, 3.63) is 52.5 Å². The molecule has 2 aromatic heterocycles. The Balaban J connectivity index is 0.000000756. The number of hydrogen-bond acceptors (Lipinski definition) is 6. The molecule has 1 aromatic carbocycles. The summed E-state index contributed by atoms with van der Waals surface area (Å²) in [6.07, 6.45) is 3.46. The Bertz CT molecular complexity index is 1400. The molecule has 0 spiro atoms. The fourth-order valence-electron chi connectivity index (χ4n) is 4.63. The highest BCUT2D eigenvalue weighted by Crippen LogP contribution is 2.36. The van der Waals surface area contributed by atoms with Gasteiger partial charge in [0.15, 0.2) is 11.3 Å². The topological polar surface area (TPSA) is 127 Å². The minimum Gasteiger partial charge on any atom is -0.481 e. The highest BCUT2D eigenvalue weighted by molar-refractivity contribution is 6.30. The largest absolute Gasteiger partial charge is 0.481 e. The van der Waals surface area contributed by atoms with E-state index in [1.54, 1.807) is 12.1 Å². The maximum absolute atomic E-state index is 14.1. The van der Waals surface area contributed by atoms with E-state index in [1.165, 1.54) is 12.1 Å². The predicted molar refractivity (Wildman–Crippen MR) is 176 cm³/mol. The molecule has 0 bridgehead atoms. The van der Waals surface area contributed by atoms with Crippen LogP contribution in [0.1, 0.15) is 111 Å². The summed E-state index contributed by atoms with van der Waals surface area (Å²) in [5.74, 6) is -1.27. The van der Waals surface area contributed by atoms with Gasteiger partial charge in [-0.2, -0.15) is 0 Å². The molecular formula is C34H49ClFN3O5. The number of carbonyl (C=O) groups is 3. The summed E-state index contributed by atoms with van der Waals surface area (Å²) in [5, 5.41) is 8.15. The van der Waals surface area contributed by atoms with E-state index in [0.717, 1.165) is 24.8 Å². The predicted octanol–water partition coefficient (Wildman–Crippen LogP) is 8.42. The standard InChI is InChI=1S/C27H34ClFN2O2.C5H9NO3.C2H6/c1-8-12-27(6,7)31(13-9-2)25(32)23-16-22-24(33-23)18(26(3,4)5)15-21(30-22)17-10-11-19(28)20(29)14-17;6-4(3-7)1-2-5(8)9;1-2/h10-11,14-16H,8-9,12-13H2,1-7H3;3-4H,1-2,6H2,(H,8,9);1-2H3. The van der Waals surface area contributed by atoms with Crippen LogP contribution in [0.3, 0.4) is 0 Å². The fraction of sp³-hybridized carbons (Fsp3) is 0.529. The number of halogens is 2. The van der Waals surface area contributed by atoms with Gasteiger partial charge in [0.2, 0.25) is 0 Å². The molecule has 1 amide bonds. The van der Waals surface area contributed by atoms with Gasteiger partial charge in [-0.3, -0.25) is 9.59 Å². The molecule has 1 atom stereocenters. The molecule has 0 aliphatic rings. The van der Waals surface area contributed by atoms with Gasteiger partial charge < -0.3 is 25.0 Å². The summed E-state index contributed by atoms with van der Waals surface area (Å²) in [6, 6.07) is 7.65. The van der Waals surface area contributed by atoms with Crippen molar-refractivity contribution in [3.63, 3.8) is 0 Å². The van der Waals surface area contributed by atoms with Gasteiger partial charge in [0.25, 0.3) is 5.91 Å². The van der Waals surface area contributed by atoms with Crippen LogP contribution < -0.4 is 5.73 Å². The molecule has 0 saturated carbocycles. The van der Waals surface area contributed by atoms with Crippen molar-refractivity contribution in [2.75, 3.05) is 6.54 Å². The molecule has 8 nitrogen and oxygen atoms in total. The number of nitrogens with two attached hydrogens (primary N) is 1. The van der Waals surface area contributed by atoms with Gasteiger partial charge in [0.1, 0.15) is 17.6 Å². The van der Waals surface area contributed by atoms with Crippen LogP contribution in [0, 0.1) is 5.82 Å². The van der Waals surface area contributed by atoms with Gasteiger partial charge in [0, 0.05) is 35.7 Å². The zero-order valence-electron chi connectivity index (χ0n) is 27.6. The third-order valence-corrected chi connectivity index (χ3v) is 7.17. The van der Waals surface area contributed by atoms with Gasteiger partial charge in [-0.15, -0.1) is 0 Å². The zero-order valence-corrected chi connectivity index (χ0v) is 28.3. The number of carbonyl (C=O) groups excluding carboxylic acids is 2. The number of fused-ring (bicyclic) bond motifs is 1. The molecule has 0 aliphatic heterocycles. The van der Waals surface area contributed by atoms with Crippen molar-refractivity contribution in [2.45, 2.75) is 111 Å². The third-order valence-electron chi connectivity index (χ3n) is 6.86. The first-order chi connectivity index (χ1) is 20.5. The molecule has 3 N–H and O–H groups in total. The van der Waals surface area contributed by atoms with E-state index in [9.17, 15) is 18.8 Å². The van der Waals surface area contributed by atoms with Crippen molar-refractivity contribution in [3.8, 4) is 11.3 Å². The molecule has 1 unspecified atom stereocenters. The van der Waals surface area contributed by atoms with Crippen molar-refractivity contribution in [2.24, 2.45) is 5.73 Å². The van der Waals surface area contributed by atoms with Crippen LogP contribution in [0.5, 0.6) is 0 Å². The summed E-state index contributed by atoms with van der Waals surface area (Å²) >= 11 is 5.87. The van der Waals surface area contributed by atoms with Crippen LogP contribution in [0.2, 0.25) is 5.02 Å². The minimum atomic E-state index is -0.924. The molecular weight excluding hydrogens is 585 g/mol. The van der Waals surface area contributed by atoms with Crippen LogP contribution in [0.4, 0.5) is 4.39 Å². The number of aldehydes is 1. The summed E-state index contributed by atoms with van der Waals surface area (Å²) < 4.78 is 20.3. The molecule has 244 valence electrons. The van der Waals surface area contributed by atoms with Crippen molar-refractivity contribution < 1.29 is 28.3 Å². The lowest BCUT2D eigenvalue weighted by Gasteiger charge is -2.38. The number of furan rings is 1. The lowest BCUT2D eigenvalue weighted by molar-refractivity contribution is -0.137. The van der Waals surface area contributed by atoms with E-state index < -0.39 is 17.8 Å². The Hall–Kier alpha value is -3.30. The Morgan fingerprint density at radius 1 is 1.11 bits per heavy atom. The lowest BCUT2D eigenvalue weighted by atomic mass is 9.86. The Kier molecular flexibility index (Phi) is 15.2. The molecule has 0 fully saturated rings. The average Bonchev–Trinajstić information content (AvgIpc) is 3.40. The summed E-state index contributed by atoms with van der Waals surface area (Å²) in [6.45, 7) is 19.3. The number of benzene rings is 1. The monoisotopic (exact) mass is 633 g/mol. The van der Waals surface area contributed by atoms with Gasteiger partial charge >= 0.3 is 5.97 Å². The van der Waals surface area contributed by atoms with Crippen LogP contribution in [0.15, 0.2) is 34.7 Å². The van der Waals surface area contributed by atoms with Crippen LogP contribution in [-0.4, -0.2) is 51.3 Å². The van der Waals surface area contributed by atoms with Crippen molar-refractivity contribution in [1.82, 2.24) is 9.88 Å². The zero-order chi connectivity index (χ0) is 33.8. The smallest absolute Gasteiger partial charge is 0.303 e. The van der Waals surface area contributed by atoms with E-state index in [0.29, 0.717) is 35.2 Å². The van der Waals surface area contributed by atoms with Gasteiger partial charge in [-0.1, -0.05) is 72.6 Å². The Morgan fingerprint density at radius 3 is 2.25 bits per heavy atom. The van der Waals surface area contributed by atoms with Gasteiger partial charge in [-0.25, -0.2) is 9.37 Å². The van der Waals surface area contributed by atoms with Gasteiger partial charge in [0.05, 0.1) is 16.8 Å². The number of nitrogens with zero attached hydrogens (tertiary/aromatic N) is 2. The summed E-state index contributed by atoms with van der Waals surface area (Å²) in [4.78, 5) is 39.8. The number of carboxylic acid groups (broad SMARTS) is 1. The molecule has 0 aliphatic carbocycles. The fourth-order valence-corrected chi connectivity index (χ4v) is 4.75. The van der Waals surface area contributed by atoms with E-state index >= 15 is 0 Å². The highest BCUT2D eigenvalue weighted by atomic mass is 35.5. The van der Waals surface area contributed by atoms with E-state index in [1.807, 2.05) is 24.8 Å². The highest BCUT2D eigenvalue weighted by Gasteiger charge is 2.33.